The van der Waals surface area contributed by atoms with Gasteiger partial charge in [0.05, 0.1) is 0 Å². The van der Waals surface area contributed by atoms with E-state index in [0.717, 1.165) is 31.9 Å². The van der Waals surface area contributed by atoms with Gasteiger partial charge in [-0.1, -0.05) is 33.1 Å². The molecule has 0 bridgehead atoms. The van der Waals surface area contributed by atoms with Gasteiger partial charge in [-0.3, -0.25) is 4.79 Å². The van der Waals surface area contributed by atoms with Crippen LogP contribution >= 0.6 is 0 Å². The highest BCUT2D eigenvalue weighted by Gasteiger charge is 2.53. The van der Waals surface area contributed by atoms with Crippen LogP contribution in [0.15, 0.2) is 6.33 Å². The van der Waals surface area contributed by atoms with E-state index in [0.29, 0.717) is 23.7 Å². The highest BCUT2D eigenvalue weighted by molar-refractivity contribution is 5.77. The minimum Gasteiger partial charge on any atom is -0.341 e. The molecule has 1 unspecified atom stereocenters. The van der Waals surface area contributed by atoms with Crippen LogP contribution in [0.1, 0.15) is 77.0 Å². The summed E-state index contributed by atoms with van der Waals surface area (Å²) in [7, 11) is 0. The van der Waals surface area contributed by atoms with Gasteiger partial charge in [-0.05, 0) is 42.9 Å². The molecule has 3 aliphatic rings. The van der Waals surface area contributed by atoms with Crippen LogP contribution in [0.3, 0.4) is 0 Å². The molecule has 0 N–H and O–H groups in total. The Kier molecular flexibility index (Phi) is 4.59. The topological polar surface area (TPSA) is 51.0 Å². The van der Waals surface area contributed by atoms with Crippen molar-refractivity contribution in [2.24, 2.45) is 17.3 Å². The van der Waals surface area contributed by atoms with Gasteiger partial charge in [0.25, 0.3) is 0 Å². The fourth-order valence-corrected chi connectivity index (χ4v) is 5.31. The third-order valence-corrected chi connectivity index (χ3v) is 6.81. The zero-order valence-electron chi connectivity index (χ0n) is 15.8. The summed E-state index contributed by atoms with van der Waals surface area (Å²) in [5.41, 5.74) is 0.271. The highest BCUT2D eigenvalue weighted by atomic mass is 16.2. The van der Waals surface area contributed by atoms with Gasteiger partial charge >= 0.3 is 0 Å². The van der Waals surface area contributed by atoms with Gasteiger partial charge in [0, 0.05) is 32.0 Å². The molecule has 5 nitrogen and oxygen atoms in total. The first-order valence-corrected chi connectivity index (χ1v) is 10.2. The molecule has 25 heavy (non-hydrogen) atoms. The molecule has 5 heteroatoms. The molecular formula is C20H32N4O. The maximum absolute atomic E-state index is 12.9. The second-order valence-electron chi connectivity index (χ2n) is 9.13. The van der Waals surface area contributed by atoms with Crippen molar-refractivity contribution in [1.29, 1.82) is 0 Å². The Labute approximate surface area is 151 Å². The molecule has 4 rings (SSSR count). The molecular weight excluding hydrogens is 312 g/mol. The van der Waals surface area contributed by atoms with Crippen molar-refractivity contribution in [1.82, 2.24) is 19.7 Å². The lowest BCUT2D eigenvalue weighted by Crippen LogP contribution is -2.38. The Morgan fingerprint density at radius 1 is 1.28 bits per heavy atom. The third kappa shape index (κ3) is 3.22. The standard InChI is InChI=1S/C20H32N4O/c1-15(2)11-24-14-21-22-19(24)17-12-23(13-20(17)8-5-9-20)18(25)10-16-6-3-4-7-16/h14-17H,3-13H2,1-2H3. The first-order valence-electron chi connectivity index (χ1n) is 10.2. The second kappa shape index (κ2) is 6.73. The van der Waals surface area contributed by atoms with Gasteiger partial charge in [-0.25, -0.2) is 0 Å². The molecule has 1 spiro atoms. The number of hydrogen-bond acceptors (Lipinski definition) is 3. The summed E-state index contributed by atoms with van der Waals surface area (Å²) < 4.78 is 2.24. The van der Waals surface area contributed by atoms with Crippen molar-refractivity contribution in [3.8, 4) is 0 Å². The van der Waals surface area contributed by atoms with Crippen molar-refractivity contribution < 1.29 is 4.79 Å². The largest absolute Gasteiger partial charge is 0.341 e. The Morgan fingerprint density at radius 2 is 2.04 bits per heavy atom. The lowest BCUT2D eigenvalue weighted by atomic mass is 9.62. The molecule has 1 amide bonds. The number of nitrogens with zero attached hydrogens (tertiary/aromatic N) is 4. The van der Waals surface area contributed by atoms with Crippen molar-refractivity contribution >= 4 is 5.91 Å². The Balaban J connectivity index is 1.50. The SMILES string of the molecule is CC(C)Cn1cnnc1C1CN(C(=O)CC2CCCC2)CC12CCC2. The number of hydrogen-bond donors (Lipinski definition) is 0. The summed E-state index contributed by atoms with van der Waals surface area (Å²) in [5.74, 6) is 3.08. The Bertz CT molecular complexity index is 613. The molecule has 1 aliphatic heterocycles. The van der Waals surface area contributed by atoms with Crippen molar-refractivity contribution in [2.75, 3.05) is 13.1 Å². The molecule has 1 saturated heterocycles. The number of rotatable bonds is 5. The van der Waals surface area contributed by atoms with E-state index in [4.69, 9.17) is 0 Å². The lowest BCUT2D eigenvalue weighted by molar-refractivity contribution is -0.131. The number of amides is 1. The molecule has 0 radical (unpaired) electrons. The van der Waals surface area contributed by atoms with Gasteiger partial charge in [0.2, 0.25) is 5.91 Å². The first-order chi connectivity index (χ1) is 12.1. The van der Waals surface area contributed by atoms with Crippen LogP contribution in [-0.2, 0) is 11.3 Å². The van der Waals surface area contributed by atoms with Gasteiger partial charge in [-0.15, -0.1) is 10.2 Å². The summed E-state index contributed by atoms with van der Waals surface area (Å²) in [6.07, 6.45) is 11.5. The van der Waals surface area contributed by atoms with E-state index in [1.165, 1.54) is 44.9 Å². The van der Waals surface area contributed by atoms with E-state index in [1.807, 2.05) is 6.33 Å². The monoisotopic (exact) mass is 344 g/mol. The molecule has 1 aromatic rings. The molecule has 138 valence electrons. The second-order valence-corrected chi connectivity index (χ2v) is 9.13. The van der Waals surface area contributed by atoms with E-state index in [9.17, 15) is 4.79 Å². The van der Waals surface area contributed by atoms with Gasteiger partial charge in [-0.2, -0.15) is 0 Å². The van der Waals surface area contributed by atoms with E-state index < -0.39 is 0 Å². The lowest BCUT2D eigenvalue weighted by Gasteiger charge is -2.42. The van der Waals surface area contributed by atoms with Crippen molar-refractivity contribution in [3.63, 3.8) is 0 Å². The van der Waals surface area contributed by atoms with Crippen LogP contribution in [0.4, 0.5) is 0 Å². The zero-order valence-corrected chi connectivity index (χ0v) is 15.8. The minimum absolute atomic E-state index is 0.271. The first kappa shape index (κ1) is 17.0. The van der Waals surface area contributed by atoms with Crippen LogP contribution in [-0.4, -0.2) is 38.7 Å². The van der Waals surface area contributed by atoms with Gasteiger partial charge < -0.3 is 9.47 Å². The predicted molar refractivity (Wildman–Crippen MR) is 97.0 cm³/mol. The average molecular weight is 345 g/mol. The number of aromatic nitrogens is 3. The van der Waals surface area contributed by atoms with Crippen molar-refractivity contribution in [3.05, 3.63) is 12.2 Å². The Morgan fingerprint density at radius 3 is 2.68 bits per heavy atom. The molecule has 2 saturated carbocycles. The summed E-state index contributed by atoms with van der Waals surface area (Å²) >= 11 is 0. The third-order valence-electron chi connectivity index (χ3n) is 6.81. The van der Waals surface area contributed by atoms with Gasteiger partial charge in [0.15, 0.2) is 0 Å². The minimum atomic E-state index is 0.271. The fraction of sp³-hybridized carbons (Fsp3) is 0.850. The molecule has 2 heterocycles. The van der Waals surface area contributed by atoms with Crippen molar-refractivity contribution in [2.45, 2.75) is 77.7 Å². The van der Waals surface area contributed by atoms with Crippen LogP contribution < -0.4 is 0 Å². The van der Waals surface area contributed by atoms with E-state index >= 15 is 0 Å². The van der Waals surface area contributed by atoms with Gasteiger partial charge in [0.1, 0.15) is 12.2 Å². The normalized spacial score (nSPS) is 25.9. The number of likely N-dealkylation sites (tertiary alicyclic amines) is 1. The summed E-state index contributed by atoms with van der Waals surface area (Å²) in [5, 5.41) is 8.71. The van der Waals surface area contributed by atoms with E-state index in [1.54, 1.807) is 0 Å². The van der Waals surface area contributed by atoms with Crippen LogP contribution in [0, 0.1) is 17.3 Å². The zero-order chi connectivity index (χ0) is 17.4. The van der Waals surface area contributed by atoms with Crippen LogP contribution in [0.25, 0.3) is 0 Å². The fourth-order valence-electron chi connectivity index (χ4n) is 5.31. The van der Waals surface area contributed by atoms with Crippen LogP contribution in [0.2, 0.25) is 0 Å². The van der Waals surface area contributed by atoms with Crippen LogP contribution in [0.5, 0.6) is 0 Å². The summed E-state index contributed by atoms with van der Waals surface area (Å²) in [6.45, 7) is 7.22. The average Bonchev–Trinajstić information content (AvgIpc) is 3.23. The predicted octanol–water partition coefficient (Wildman–Crippen LogP) is 3.61. The van der Waals surface area contributed by atoms with E-state index in [2.05, 4.69) is 33.5 Å². The highest BCUT2D eigenvalue weighted by Crippen LogP contribution is 2.55. The summed E-state index contributed by atoms with van der Waals surface area (Å²) in [4.78, 5) is 15.1. The maximum Gasteiger partial charge on any atom is 0.222 e. The quantitative estimate of drug-likeness (QED) is 0.820. The molecule has 2 aliphatic carbocycles. The maximum atomic E-state index is 12.9. The smallest absolute Gasteiger partial charge is 0.222 e. The Hall–Kier alpha value is -1.39. The molecule has 1 atom stereocenters. The van der Waals surface area contributed by atoms with E-state index in [-0.39, 0.29) is 5.41 Å². The number of carbonyl (C=O) groups excluding carboxylic acids is 1. The molecule has 0 aromatic carbocycles. The molecule has 3 fully saturated rings. The summed E-state index contributed by atoms with van der Waals surface area (Å²) in [6, 6.07) is 0. The molecule has 1 aromatic heterocycles. The number of carbonyl (C=O) groups is 1.